The summed E-state index contributed by atoms with van der Waals surface area (Å²) < 4.78 is 1.12. The van der Waals surface area contributed by atoms with Gasteiger partial charge >= 0.3 is 0 Å². The fourth-order valence-electron chi connectivity index (χ4n) is 2.12. The van der Waals surface area contributed by atoms with Gasteiger partial charge in [-0.1, -0.05) is 12.8 Å². The molecule has 0 bridgehead atoms. The molecule has 3 N–H and O–H groups in total. The summed E-state index contributed by atoms with van der Waals surface area (Å²) in [5.74, 6) is 0.233. The first kappa shape index (κ1) is 13.9. The molecule has 1 amide bonds. The summed E-state index contributed by atoms with van der Waals surface area (Å²) in [5, 5.41) is 2.78. The van der Waals surface area contributed by atoms with E-state index in [0.29, 0.717) is 15.0 Å². The maximum atomic E-state index is 12.1. The zero-order valence-electron chi connectivity index (χ0n) is 9.70. The van der Waals surface area contributed by atoms with Crippen LogP contribution in [0, 0.1) is 5.92 Å². The lowest BCUT2D eigenvalue weighted by molar-refractivity contribution is -0.121. The quantitative estimate of drug-likeness (QED) is 0.829. The summed E-state index contributed by atoms with van der Waals surface area (Å²) in [4.78, 5) is 20.3. The summed E-state index contributed by atoms with van der Waals surface area (Å²) in [6.45, 7) is 0. The Labute approximate surface area is 122 Å². The molecule has 1 aliphatic carbocycles. The van der Waals surface area contributed by atoms with Crippen LogP contribution >= 0.6 is 31.9 Å². The Morgan fingerprint density at radius 2 is 2.11 bits per heavy atom. The lowest BCUT2D eigenvalue weighted by Gasteiger charge is -2.27. The van der Waals surface area contributed by atoms with E-state index in [9.17, 15) is 4.79 Å². The van der Waals surface area contributed by atoms with Crippen molar-refractivity contribution in [2.45, 2.75) is 31.7 Å². The van der Waals surface area contributed by atoms with Crippen molar-refractivity contribution in [3.8, 4) is 0 Å². The highest BCUT2D eigenvalue weighted by atomic mass is 79.9. The summed E-state index contributed by atoms with van der Waals surface area (Å²) >= 11 is 6.48. The van der Waals surface area contributed by atoms with Gasteiger partial charge in [0, 0.05) is 6.04 Å². The van der Waals surface area contributed by atoms with Crippen molar-refractivity contribution in [1.82, 2.24) is 9.97 Å². The third-order valence-electron chi connectivity index (χ3n) is 3.10. The van der Waals surface area contributed by atoms with Gasteiger partial charge in [0.25, 0.3) is 0 Å². The molecule has 0 saturated heterocycles. The van der Waals surface area contributed by atoms with Crippen LogP contribution in [0.1, 0.15) is 25.7 Å². The second-order valence-electron chi connectivity index (χ2n) is 4.38. The van der Waals surface area contributed by atoms with Gasteiger partial charge in [-0.25, -0.2) is 9.97 Å². The largest absolute Gasteiger partial charge is 0.327 e. The second-order valence-corrected chi connectivity index (χ2v) is 5.94. The minimum atomic E-state index is -0.129. The van der Waals surface area contributed by atoms with Gasteiger partial charge in [-0.05, 0) is 44.7 Å². The van der Waals surface area contributed by atoms with Gasteiger partial charge in [0.1, 0.15) is 9.21 Å². The van der Waals surface area contributed by atoms with Crippen LogP contribution in [0.25, 0.3) is 0 Å². The molecule has 1 aromatic heterocycles. The fraction of sp³-hybridized carbons (Fsp3) is 0.545. The molecule has 1 heterocycles. The van der Waals surface area contributed by atoms with Crippen LogP contribution in [0.4, 0.5) is 5.82 Å². The van der Waals surface area contributed by atoms with Crippen molar-refractivity contribution < 1.29 is 4.79 Å². The second kappa shape index (κ2) is 6.08. The fourth-order valence-corrected chi connectivity index (χ4v) is 3.04. The highest BCUT2D eigenvalue weighted by molar-refractivity contribution is 9.11. The van der Waals surface area contributed by atoms with Gasteiger partial charge in [0.15, 0.2) is 5.82 Å². The van der Waals surface area contributed by atoms with E-state index >= 15 is 0 Å². The van der Waals surface area contributed by atoms with Gasteiger partial charge in [-0.15, -0.1) is 0 Å². The SMILES string of the molecule is NC1CCCCC1C(=O)Nc1ncc(Br)nc1Br. The number of anilines is 1. The van der Waals surface area contributed by atoms with E-state index in [1.165, 1.54) is 0 Å². The lowest BCUT2D eigenvalue weighted by Crippen LogP contribution is -2.40. The number of aromatic nitrogens is 2. The highest BCUT2D eigenvalue weighted by Gasteiger charge is 2.28. The van der Waals surface area contributed by atoms with E-state index in [2.05, 4.69) is 47.1 Å². The molecule has 18 heavy (non-hydrogen) atoms. The molecule has 1 aliphatic rings. The van der Waals surface area contributed by atoms with E-state index < -0.39 is 0 Å². The molecule has 1 saturated carbocycles. The maximum Gasteiger partial charge on any atom is 0.230 e. The third-order valence-corrected chi connectivity index (χ3v) is 4.03. The number of halogens is 2. The zero-order chi connectivity index (χ0) is 13.1. The first-order chi connectivity index (χ1) is 8.58. The molecular formula is C11H14Br2N4O. The van der Waals surface area contributed by atoms with Gasteiger partial charge < -0.3 is 11.1 Å². The Morgan fingerprint density at radius 1 is 1.39 bits per heavy atom. The van der Waals surface area contributed by atoms with Crippen LogP contribution < -0.4 is 11.1 Å². The Bertz CT molecular complexity index is 455. The minimum absolute atomic E-state index is 0.0547. The maximum absolute atomic E-state index is 12.1. The van der Waals surface area contributed by atoms with E-state index in [0.717, 1.165) is 25.7 Å². The average Bonchev–Trinajstić information content (AvgIpc) is 2.33. The van der Waals surface area contributed by atoms with E-state index in [1.807, 2.05) is 0 Å². The summed E-state index contributed by atoms with van der Waals surface area (Å²) in [6, 6.07) is -0.0547. The Balaban J connectivity index is 2.06. The molecule has 0 aromatic carbocycles. The number of hydrogen-bond donors (Lipinski definition) is 2. The van der Waals surface area contributed by atoms with Crippen molar-refractivity contribution in [2.75, 3.05) is 5.32 Å². The Hall–Kier alpha value is -0.530. The third kappa shape index (κ3) is 3.27. The van der Waals surface area contributed by atoms with E-state index in [1.54, 1.807) is 6.20 Å². The topological polar surface area (TPSA) is 80.9 Å². The molecule has 7 heteroatoms. The molecular weight excluding hydrogens is 364 g/mol. The van der Waals surface area contributed by atoms with Crippen LogP contribution in [0.3, 0.4) is 0 Å². The standard InChI is InChI=1S/C11H14Br2N4O/c12-8-5-15-10(9(13)16-8)17-11(18)6-3-1-2-4-7(6)14/h5-7H,1-4,14H2,(H,15,17,18). The summed E-state index contributed by atoms with van der Waals surface area (Å²) in [5.41, 5.74) is 5.98. The number of nitrogens with two attached hydrogens (primary N) is 1. The number of nitrogens with one attached hydrogen (secondary N) is 1. The van der Waals surface area contributed by atoms with Crippen LogP contribution in [-0.2, 0) is 4.79 Å². The van der Waals surface area contributed by atoms with Crippen LogP contribution in [0.15, 0.2) is 15.4 Å². The highest BCUT2D eigenvalue weighted by Crippen LogP contribution is 2.25. The van der Waals surface area contributed by atoms with Crippen molar-refractivity contribution in [3.63, 3.8) is 0 Å². The van der Waals surface area contributed by atoms with Crippen molar-refractivity contribution >= 4 is 43.6 Å². The number of rotatable bonds is 2. The first-order valence-electron chi connectivity index (χ1n) is 5.82. The number of amides is 1. The van der Waals surface area contributed by atoms with Gasteiger partial charge in [-0.3, -0.25) is 4.79 Å². The molecule has 98 valence electrons. The molecule has 2 atom stereocenters. The number of nitrogens with zero attached hydrogens (tertiary/aromatic N) is 2. The first-order valence-corrected chi connectivity index (χ1v) is 7.41. The van der Waals surface area contributed by atoms with E-state index in [-0.39, 0.29) is 17.9 Å². The smallest absolute Gasteiger partial charge is 0.230 e. The van der Waals surface area contributed by atoms with Gasteiger partial charge in [-0.2, -0.15) is 0 Å². The molecule has 0 aliphatic heterocycles. The molecule has 2 rings (SSSR count). The molecule has 5 nitrogen and oxygen atoms in total. The predicted molar refractivity (Wildman–Crippen MR) is 76.0 cm³/mol. The van der Waals surface area contributed by atoms with Crippen LogP contribution in [0.2, 0.25) is 0 Å². The van der Waals surface area contributed by atoms with Gasteiger partial charge in [0.2, 0.25) is 5.91 Å². The molecule has 2 unspecified atom stereocenters. The van der Waals surface area contributed by atoms with Crippen molar-refractivity contribution in [1.29, 1.82) is 0 Å². The summed E-state index contributed by atoms with van der Waals surface area (Å²) in [6.07, 6.45) is 5.45. The predicted octanol–water partition coefficient (Wildman–Crippen LogP) is 2.46. The van der Waals surface area contributed by atoms with Crippen LogP contribution in [-0.4, -0.2) is 21.9 Å². The molecule has 1 aromatic rings. The van der Waals surface area contributed by atoms with Gasteiger partial charge in [0.05, 0.1) is 12.1 Å². The molecule has 1 fully saturated rings. The molecule has 0 spiro atoms. The average molecular weight is 378 g/mol. The number of hydrogen-bond acceptors (Lipinski definition) is 4. The molecule has 0 radical (unpaired) electrons. The number of carbonyl (C=O) groups excluding carboxylic acids is 1. The van der Waals surface area contributed by atoms with E-state index in [4.69, 9.17) is 5.73 Å². The number of carbonyl (C=O) groups is 1. The Kier molecular flexibility index (Phi) is 4.69. The monoisotopic (exact) mass is 376 g/mol. The lowest BCUT2D eigenvalue weighted by atomic mass is 9.84. The van der Waals surface area contributed by atoms with Crippen molar-refractivity contribution in [2.24, 2.45) is 11.7 Å². The minimum Gasteiger partial charge on any atom is -0.327 e. The van der Waals surface area contributed by atoms with Crippen LogP contribution in [0.5, 0.6) is 0 Å². The zero-order valence-corrected chi connectivity index (χ0v) is 12.9. The van der Waals surface area contributed by atoms with Crippen molar-refractivity contribution in [3.05, 3.63) is 15.4 Å². The summed E-state index contributed by atoms with van der Waals surface area (Å²) in [7, 11) is 0. The normalized spacial score (nSPS) is 23.7. The Morgan fingerprint density at radius 3 is 2.78 bits per heavy atom.